The highest BCUT2D eigenvalue weighted by molar-refractivity contribution is 5.96. The molecule has 1 heterocycles. The van der Waals surface area contributed by atoms with E-state index in [0.717, 1.165) is 5.69 Å². The van der Waals surface area contributed by atoms with Gasteiger partial charge in [-0.1, -0.05) is 12.1 Å². The molecule has 0 saturated carbocycles. The molecule has 1 aromatic rings. The van der Waals surface area contributed by atoms with Crippen LogP contribution in [0.25, 0.3) is 0 Å². The molecule has 0 bridgehead atoms. The predicted molar refractivity (Wildman–Crippen MR) is 97.6 cm³/mol. The van der Waals surface area contributed by atoms with Crippen LogP contribution in [0.1, 0.15) is 34.1 Å². The SMILES string of the molecule is CCN(CCCN=C1Nc2ccccc2[NH+]([O-])N1)C(=O)OC(C)(C)C. The van der Waals surface area contributed by atoms with Crippen LogP contribution < -0.4 is 15.9 Å². The molecule has 0 radical (unpaired) electrons. The highest BCUT2D eigenvalue weighted by Gasteiger charge is 2.21. The van der Waals surface area contributed by atoms with Gasteiger partial charge in [0.15, 0.2) is 5.69 Å². The number of carbonyl (C=O) groups is 1. The fourth-order valence-electron chi connectivity index (χ4n) is 2.36. The summed E-state index contributed by atoms with van der Waals surface area (Å²) in [5, 5.41) is 14.9. The van der Waals surface area contributed by atoms with Crippen molar-refractivity contribution in [3.05, 3.63) is 29.5 Å². The number of ether oxygens (including phenoxy) is 1. The van der Waals surface area contributed by atoms with Gasteiger partial charge in [0.2, 0.25) is 5.96 Å². The first-order valence-electron chi connectivity index (χ1n) is 8.50. The molecular weight excluding hydrogens is 322 g/mol. The zero-order valence-corrected chi connectivity index (χ0v) is 15.3. The average Bonchev–Trinajstić information content (AvgIpc) is 2.53. The number of benzene rings is 1. The van der Waals surface area contributed by atoms with E-state index < -0.39 is 5.60 Å². The second-order valence-electron chi connectivity index (χ2n) is 6.77. The van der Waals surface area contributed by atoms with Crippen molar-refractivity contribution in [1.82, 2.24) is 10.3 Å². The molecule has 0 saturated heterocycles. The van der Waals surface area contributed by atoms with Gasteiger partial charge in [0, 0.05) is 25.7 Å². The Morgan fingerprint density at radius 1 is 1.36 bits per heavy atom. The molecule has 0 spiro atoms. The third-order valence-corrected chi connectivity index (χ3v) is 3.55. The Morgan fingerprint density at radius 2 is 2.08 bits per heavy atom. The van der Waals surface area contributed by atoms with Crippen molar-refractivity contribution < 1.29 is 14.7 Å². The molecule has 0 fully saturated rings. The van der Waals surface area contributed by atoms with Crippen LogP contribution in [0.2, 0.25) is 0 Å². The average molecular weight is 349 g/mol. The van der Waals surface area contributed by atoms with E-state index in [1.807, 2.05) is 45.9 Å². The van der Waals surface area contributed by atoms with Crippen LogP contribution in [0.4, 0.5) is 16.2 Å². The summed E-state index contributed by atoms with van der Waals surface area (Å²) in [5.41, 5.74) is 3.56. The summed E-state index contributed by atoms with van der Waals surface area (Å²) in [6, 6.07) is 7.28. The number of quaternary nitrogens is 1. The number of amides is 1. The maximum absolute atomic E-state index is 12.1. The van der Waals surface area contributed by atoms with Gasteiger partial charge in [0.1, 0.15) is 11.3 Å². The number of hydrogen-bond acceptors (Lipinski definition) is 4. The van der Waals surface area contributed by atoms with Crippen LogP contribution in [-0.2, 0) is 4.74 Å². The van der Waals surface area contributed by atoms with Gasteiger partial charge in [-0.25, -0.2) is 15.0 Å². The first kappa shape index (κ1) is 19.0. The van der Waals surface area contributed by atoms with Crippen LogP contribution in [0.15, 0.2) is 29.3 Å². The largest absolute Gasteiger partial charge is 0.603 e. The summed E-state index contributed by atoms with van der Waals surface area (Å²) in [4.78, 5) is 18.1. The number of rotatable bonds is 5. The van der Waals surface area contributed by atoms with Gasteiger partial charge in [-0.2, -0.15) is 5.43 Å². The van der Waals surface area contributed by atoms with Gasteiger partial charge < -0.3 is 20.2 Å². The van der Waals surface area contributed by atoms with Gasteiger partial charge in [-0.15, -0.1) is 0 Å². The number of anilines is 1. The van der Waals surface area contributed by atoms with Crippen LogP contribution in [0.3, 0.4) is 0 Å². The summed E-state index contributed by atoms with van der Waals surface area (Å²) < 4.78 is 5.37. The van der Waals surface area contributed by atoms with Gasteiger partial charge >= 0.3 is 6.09 Å². The first-order valence-corrected chi connectivity index (χ1v) is 8.50. The predicted octanol–water partition coefficient (Wildman–Crippen LogP) is 1.63. The van der Waals surface area contributed by atoms with Crippen LogP contribution in [0.5, 0.6) is 0 Å². The lowest BCUT2D eigenvalue weighted by atomic mass is 10.2. The Labute approximate surface area is 148 Å². The molecule has 2 rings (SSSR count). The molecule has 1 unspecified atom stereocenters. The van der Waals surface area contributed by atoms with E-state index in [9.17, 15) is 10.0 Å². The molecular formula is C17H27N5O3. The Kier molecular flexibility index (Phi) is 6.22. The molecule has 3 N–H and O–H groups in total. The topological polar surface area (TPSA) is 93.5 Å². The summed E-state index contributed by atoms with van der Waals surface area (Å²) in [6.07, 6.45) is 0.358. The Hall–Kier alpha value is -2.32. The van der Waals surface area contributed by atoms with Crippen molar-refractivity contribution in [2.75, 3.05) is 25.0 Å². The number of fused-ring (bicyclic) bond motifs is 1. The molecule has 1 amide bonds. The molecule has 0 aliphatic carbocycles. The number of aliphatic imine (C=N–C) groups is 1. The van der Waals surface area contributed by atoms with E-state index in [4.69, 9.17) is 4.74 Å². The number of para-hydroxylation sites is 2. The molecule has 1 aliphatic heterocycles. The first-order chi connectivity index (χ1) is 11.8. The van der Waals surface area contributed by atoms with Crippen LogP contribution in [-0.4, -0.2) is 42.2 Å². The van der Waals surface area contributed by atoms with Crippen molar-refractivity contribution in [1.29, 1.82) is 0 Å². The van der Waals surface area contributed by atoms with E-state index in [-0.39, 0.29) is 11.3 Å². The zero-order valence-electron chi connectivity index (χ0n) is 15.3. The number of carbonyl (C=O) groups excluding carboxylic acids is 1. The van der Waals surface area contributed by atoms with E-state index in [0.29, 0.717) is 37.7 Å². The molecule has 138 valence electrons. The monoisotopic (exact) mass is 349 g/mol. The normalized spacial score (nSPS) is 18.1. The maximum atomic E-state index is 12.1. The van der Waals surface area contributed by atoms with E-state index >= 15 is 0 Å². The molecule has 1 aliphatic rings. The summed E-state index contributed by atoms with van der Waals surface area (Å²) in [5.74, 6) is 0.434. The van der Waals surface area contributed by atoms with Crippen LogP contribution >= 0.6 is 0 Å². The summed E-state index contributed by atoms with van der Waals surface area (Å²) in [6.45, 7) is 9.07. The molecule has 1 aromatic carbocycles. The van der Waals surface area contributed by atoms with Crippen LogP contribution in [0, 0.1) is 5.21 Å². The minimum Gasteiger partial charge on any atom is -0.603 e. The second kappa shape index (κ2) is 8.17. The minimum atomic E-state index is -0.506. The smallest absolute Gasteiger partial charge is 0.410 e. The molecule has 1 atom stereocenters. The van der Waals surface area contributed by atoms with E-state index in [1.165, 1.54) is 0 Å². The second-order valence-corrected chi connectivity index (χ2v) is 6.77. The standard InChI is InChI=1S/C17H27N5O3/c1-5-21(16(23)25-17(2,3)4)12-8-11-18-15-19-13-9-6-7-10-14(13)22(24)20-15/h6-7,9-10,22H,5,8,11-12H2,1-4H3,(H2,18,19,20). The summed E-state index contributed by atoms with van der Waals surface area (Å²) >= 11 is 0. The highest BCUT2D eigenvalue weighted by atomic mass is 16.6. The number of nitrogens with zero attached hydrogens (tertiary/aromatic N) is 2. The Balaban J connectivity index is 1.84. The third-order valence-electron chi connectivity index (χ3n) is 3.55. The lowest BCUT2D eigenvalue weighted by Gasteiger charge is -2.30. The zero-order chi connectivity index (χ0) is 18.4. The number of nitrogens with one attached hydrogen (secondary N) is 3. The van der Waals surface area contributed by atoms with Gasteiger partial charge in [-0.3, -0.25) is 0 Å². The lowest BCUT2D eigenvalue weighted by molar-refractivity contribution is -0.816. The molecule has 8 nitrogen and oxygen atoms in total. The highest BCUT2D eigenvalue weighted by Crippen LogP contribution is 2.18. The third kappa shape index (κ3) is 5.61. The van der Waals surface area contributed by atoms with Crippen molar-refractivity contribution in [2.45, 2.75) is 39.7 Å². The summed E-state index contributed by atoms with van der Waals surface area (Å²) in [7, 11) is 0. The van der Waals surface area contributed by atoms with Crippen molar-refractivity contribution in [3.63, 3.8) is 0 Å². The number of hydrogen-bond donors (Lipinski definition) is 3. The molecule has 8 heteroatoms. The van der Waals surface area contributed by atoms with Gasteiger partial charge in [0.05, 0.1) is 0 Å². The Morgan fingerprint density at radius 3 is 2.76 bits per heavy atom. The molecule has 25 heavy (non-hydrogen) atoms. The minimum absolute atomic E-state index is 0.169. The Bertz CT molecular complexity index is 627. The number of guanidine groups is 1. The van der Waals surface area contributed by atoms with Crippen molar-refractivity contribution in [3.8, 4) is 0 Å². The van der Waals surface area contributed by atoms with Gasteiger partial charge in [0.25, 0.3) is 0 Å². The fraction of sp³-hybridized carbons (Fsp3) is 0.529. The van der Waals surface area contributed by atoms with Crippen molar-refractivity contribution >= 4 is 23.4 Å². The maximum Gasteiger partial charge on any atom is 0.410 e. The quantitative estimate of drug-likeness (QED) is 0.555. The van der Waals surface area contributed by atoms with E-state index in [1.54, 1.807) is 11.0 Å². The lowest BCUT2D eigenvalue weighted by Crippen LogP contribution is -3.11. The fourth-order valence-corrected chi connectivity index (χ4v) is 2.36. The van der Waals surface area contributed by atoms with Gasteiger partial charge in [-0.05, 0) is 40.2 Å². The van der Waals surface area contributed by atoms with E-state index in [2.05, 4.69) is 15.7 Å². The molecule has 0 aromatic heterocycles. The van der Waals surface area contributed by atoms with Crippen molar-refractivity contribution in [2.24, 2.45) is 4.99 Å².